The third-order valence-electron chi connectivity index (χ3n) is 2.77. The van der Waals surface area contributed by atoms with Gasteiger partial charge in [0.25, 0.3) is 0 Å². The van der Waals surface area contributed by atoms with E-state index in [1.54, 1.807) is 13.2 Å². The summed E-state index contributed by atoms with van der Waals surface area (Å²) < 4.78 is 18.8. The van der Waals surface area contributed by atoms with Gasteiger partial charge in [0.15, 0.2) is 5.01 Å². The van der Waals surface area contributed by atoms with Crippen LogP contribution in [-0.4, -0.2) is 36.0 Å². The molecule has 2 N–H and O–H groups in total. The number of ether oxygens (including phenoxy) is 1. The fourth-order valence-corrected chi connectivity index (χ4v) is 2.65. The highest BCUT2D eigenvalue weighted by Gasteiger charge is 2.16. The van der Waals surface area contributed by atoms with Crippen molar-refractivity contribution >= 4 is 34.1 Å². The van der Waals surface area contributed by atoms with E-state index in [0.29, 0.717) is 11.6 Å². The van der Waals surface area contributed by atoms with Crippen molar-refractivity contribution in [1.82, 2.24) is 15.5 Å². The van der Waals surface area contributed by atoms with E-state index in [2.05, 4.69) is 20.8 Å². The first-order valence-electron chi connectivity index (χ1n) is 6.36. The number of methoxy groups -OCH3 is 1. The third kappa shape index (κ3) is 4.12. The quantitative estimate of drug-likeness (QED) is 0.873. The smallest absolute Gasteiger partial charge is 0.321 e. The van der Waals surface area contributed by atoms with Crippen LogP contribution in [0.15, 0.2) is 18.2 Å². The Hall–Kier alpha value is -1.77. The zero-order chi connectivity index (χ0) is 16.1. The second kappa shape index (κ2) is 7.48. The van der Waals surface area contributed by atoms with E-state index in [0.717, 1.165) is 11.3 Å². The number of carbonyl (C=O) groups is 1. The summed E-state index contributed by atoms with van der Waals surface area (Å²) in [5.74, 6) is -0.492. The number of benzene rings is 1. The normalized spacial score (nSPS) is 12.0. The molecule has 118 valence electrons. The van der Waals surface area contributed by atoms with Crippen LogP contribution in [0.4, 0.5) is 14.3 Å². The average Bonchev–Trinajstić information content (AvgIpc) is 2.92. The summed E-state index contributed by atoms with van der Waals surface area (Å²) in [6, 6.07) is 3.92. The Morgan fingerprint density at radius 2 is 2.27 bits per heavy atom. The number of nitrogens with zero attached hydrogens (tertiary/aromatic N) is 2. The monoisotopic (exact) mass is 344 g/mol. The minimum atomic E-state index is -0.492. The molecule has 6 nitrogen and oxygen atoms in total. The van der Waals surface area contributed by atoms with Crippen molar-refractivity contribution in [1.29, 1.82) is 0 Å². The molecule has 1 heterocycles. The van der Waals surface area contributed by atoms with Crippen molar-refractivity contribution in [3.8, 4) is 10.6 Å². The SMILES string of the molecule is CO[C@@H](C)CNC(=O)Nc1nnc(-c2c(F)cccc2Cl)s1. The molecule has 2 amide bonds. The first-order chi connectivity index (χ1) is 10.5. The van der Waals surface area contributed by atoms with Crippen molar-refractivity contribution in [3.05, 3.63) is 29.0 Å². The molecule has 0 aliphatic carbocycles. The fourth-order valence-electron chi connectivity index (χ4n) is 1.54. The fraction of sp³-hybridized carbons (Fsp3) is 0.308. The lowest BCUT2D eigenvalue weighted by Gasteiger charge is -2.10. The summed E-state index contributed by atoms with van der Waals surface area (Å²) in [5.41, 5.74) is 0.170. The number of aromatic nitrogens is 2. The average molecular weight is 345 g/mol. The van der Waals surface area contributed by atoms with E-state index in [1.807, 2.05) is 6.92 Å². The van der Waals surface area contributed by atoms with Gasteiger partial charge in [-0.2, -0.15) is 0 Å². The minimum absolute atomic E-state index is 0.104. The molecule has 1 aromatic heterocycles. The number of hydrogen-bond donors (Lipinski definition) is 2. The highest BCUT2D eigenvalue weighted by atomic mass is 35.5. The number of nitrogens with one attached hydrogen (secondary N) is 2. The van der Waals surface area contributed by atoms with Gasteiger partial charge in [0, 0.05) is 13.7 Å². The van der Waals surface area contributed by atoms with Crippen LogP contribution in [0.25, 0.3) is 10.6 Å². The standard InChI is InChI=1S/C13H14ClFN4O2S/c1-7(21-2)6-16-12(20)17-13-19-18-11(22-13)10-8(14)4-3-5-9(10)15/h3-5,7H,6H2,1-2H3,(H2,16,17,19,20)/t7-/m0/s1. The molecular weight excluding hydrogens is 331 g/mol. The van der Waals surface area contributed by atoms with Crippen LogP contribution >= 0.6 is 22.9 Å². The molecule has 2 rings (SSSR count). The van der Waals surface area contributed by atoms with Crippen LogP contribution in [-0.2, 0) is 4.74 Å². The summed E-state index contributed by atoms with van der Waals surface area (Å²) in [6.07, 6.45) is -0.104. The highest BCUT2D eigenvalue weighted by molar-refractivity contribution is 7.18. The number of carbonyl (C=O) groups excluding carboxylic acids is 1. The Morgan fingerprint density at radius 1 is 1.50 bits per heavy atom. The maximum Gasteiger partial charge on any atom is 0.321 e. The lowest BCUT2D eigenvalue weighted by Crippen LogP contribution is -2.34. The highest BCUT2D eigenvalue weighted by Crippen LogP contribution is 2.33. The van der Waals surface area contributed by atoms with E-state index in [4.69, 9.17) is 16.3 Å². The number of urea groups is 1. The first kappa shape index (κ1) is 16.6. The van der Waals surface area contributed by atoms with Crippen LogP contribution in [0.1, 0.15) is 6.92 Å². The number of halogens is 2. The van der Waals surface area contributed by atoms with Crippen molar-refractivity contribution in [2.45, 2.75) is 13.0 Å². The largest absolute Gasteiger partial charge is 0.380 e. The van der Waals surface area contributed by atoms with Crippen molar-refractivity contribution in [3.63, 3.8) is 0 Å². The maximum atomic E-state index is 13.8. The van der Waals surface area contributed by atoms with E-state index in [9.17, 15) is 9.18 Å². The maximum absolute atomic E-state index is 13.8. The van der Waals surface area contributed by atoms with E-state index < -0.39 is 11.8 Å². The van der Waals surface area contributed by atoms with Crippen molar-refractivity contribution in [2.75, 3.05) is 19.0 Å². The molecule has 0 bridgehead atoms. The van der Waals surface area contributed by atoms with Gasteiger partial charge in [-0.15, -0.1) is 10.2 Å². The predicted molar refractivity (Wildman–Crippen MR) is 83.8 cm³/mol. The number of rotatable bonds is 5. The predicted octanol–water partition coefficient (Wildman–Crippen LogP) is 3.15. The summed E-state index contributed by atoms with van der Waals surface area (Å²) in [6.45, 7) is 2.18. The summed E-state index contributed by atoms with van der Waals surface area (Å²) >= 11 is 7.00. The molecule has 9 heteroatoms. The zero-order valence-corrected chi connectivity index (χ0v) is 13.5. The van der Waals surface area contributed by atoms with Gasteiger partial charge >= 0.3 is 6.03 Å². The first-order valence-corrected chi connectivity index (χ1v) is 7.56. The third-order valence-corrected chi connectivity index (χ3v) is 3.95. The van der Waals surface area contributed by atoms with Gasteiger partial charge < -0.3 is 10.1 Å². The molecule has 22 heavy (non-hydrogen) atoms. The second-order valence-electron chi connectivity index (χ2n) is 4.39. The molecule has 0 radical (unpaired) electrons. The van der Waals surface area contributed by atoms with Crippen LogP contribution < -0.4 is 10.6 Å². The molecule has 0 spiro atoms. The minimum Gasteiger partial charge on any atom is -0.380 e. The van der Waals surface area contributed by atoms with E-state index >= 15 is 0 Å². The number of anilines is 1. The Labute approximate surface area is 135 Å². The number of hydrogen-bond acceptors (Lipinski definition) is 5. The number of amides is 2. The molecule has 1 atom stereocenters. The van der Waals surface area contributed by atoms with E-state index in [-0.39, 0.29) is 21.8 Å². The Bertz CT molecular complexity index is 647. The van der Waals surface area contributed by atoms with Gasteiger partial charge in [-0.1, -0.05) is 29.0 Å². The summed E-state index contributed by atoms with van der Waals surface area (Å²) in [4.78, 5) is 11.7. The topological polar surface area (TPSA) is 76.1 Å². The zero-order valence-electron chi connectivity index (χ0n) is 11.9. The second-order valence-corrected chi connectivity index (χ2v) is 5.78. The lowest BCUT2D eigenvalue weighted by molar-refractivity contribution is 0.119. The Balaban J connectivity index is 2.04. The molecule has 0 aliphatic rings. The van der Waals surface area contributed by atoms with Gasteiger partial charge in [-0.25, -0.2) is 9.18 Å². The van der Waals surface area contributed by atoms with Crippen LogP contribution in [0.5, 0.6) is 0 Å². The molecule has 0 saturated carbocycles. The molecule has 0 fully saturated rings. The van der Waals surface area contributed by atoms with E-state index in [1.165, 1.54) is 12.1 Å². The van der Waals surface area contributed by atoms with Gasteiger partial charge in [-0.3, -0.25) is 5.32 Å². The van der Waals surface area contributed by atoms with Crippen molar-refractivity contribution < 1.29 is 13.9 Å². The van der Waals surface area contributed by atoms with Crippen LogP contribution in [0.3, 0.4) is 0 Å². The van der Waals surface area contributed by atoms with Crippen LogP contribution in [0, 0.1) is 5.82 Å². The molecule has 1 aromatic carbocycles. The molecule has 0 saturated heterocycles. The van der Waals surface area contributed by atoms with Crippen molar-refractivity contribution in [2.24, 2.45) is 0 Å². The van der Waals surface area contributed by atoms with Gasteiger partial charge in [0.05, 0.1) is 16.7 Å². The Kier molecular flexibility index (Phi) is 5.64. The summed E-state index contributed by atoms with van der Waals surface area (Å²) in [7, 11) is 1.55. The lowest BCUT2D eigenvalue weighted by atomic mass is 10.2. The summed E-state index contributed by atoms with van der Waals surface area (Å²) in [5, 5.41) is 13.6. The van der Waals surface area contributed by atoms with Gasteiger partial charge in [0.1, 0.15) is 5.82 Å². The van der Waals surface area contributed by atoms with Crippen LogP contribution in [0.2, 0.25) is 5.02 Å². The van der Waals surface area contributed by atoms with Gasteiger partial charge in [0.2, 0.25) is 5.13 Å². The van der Waals surface area contributed by atoms with Gasteiger partial charge in [-0.05, 0) is 19.1 Å². The molecule has 0 aliphatic heterocycles. The Morgan fingerprint density at radius 3 is 2.95 bits per heavy atom. The molecular formula is C13H14ClFN4O2S. The molecule has 2 aromatic rings. The molecule has 0 unspecified atom stereocenters.